The van der Waals surface area contributed by atoms with Crippen LogP contribution in [0.15, 0.2) is 48.5 Å². The number of hydrogen-bond donors (Lipinski definition) is 0. The van der Waals surface area contributed by atoms with Gasteiger partial charge in [0.05, 0.1) is 36.2 Å². The van der Waals surface area contributed by atoms with Gasteiger partial charge in [0.2, 0.25) is 0 Å². The van der Waals surface area contributed by atoms with E-state index in [2.05, 4.69) is 68.1 Å². The molecule has 0 amide bonds. The smallest absolute Gasteiger partial charge is 0.339 e. The molecule has 9 heteroatoms. The van der Waals surface area contributed by atoms with Crippen molar-refractivity contribution in [2.45, 2.75) is 91.5 Å². The second-order valence-corrected chi connectivity index (χ2v) is 14.8. The van der Waals surface area contributed by atoms with Gasteiger partial charge in [0, 0.05) is 42.6 Å². The minimum atomic E-state index is -0.977. The molecule has 0 saturated carbocycles. The largest absolute Gasteiger partial charge is 0.493 e. The number of aryl methyl sites for hydroxylation is 2. The summed E-state index contributed by atoms with van der Waals surface area (Å²) in [5, 5.41) is 5.18. The standard InChI is InChI=1S/C39H50N4O5/c1-25-14-15-32-30(21-25)28-12-9-13-29(22-28)31-23-33-40-27(3)34(35(37(44)45-8)48-38(4,5)6)36(43(33)41-31)42-18-16-39(7,17-19-42)47-20-10-11-26(2)24-46-32/h9,12-15,21-23,26,35H,10-11,16-20,24H2,1-8H3/t26?,35-/m0/s1. The number of nitrogens with zero attached hydrogens (tertiary/aromatic N) is 4. The van der Waals surface area contributed by atoms with E-state index in [0.717, 1.165) is 72.7 Å². The summed E-state index contributed by atoms with van der Waals surface area (Å²) in [6.45, 7) is 17.2. The third-order valence-corrected chi connectivity index (χ3v) is 9.49. The fourth-order valence-corrected chi connectivity index (χ4v) is 6.80. The Kier molecular flexibility index (Phi) is 9.55. The van der Waals surface area contributed by atoms with E-state index < -0.39 is 17.7 Å². The zero-order valence-electron chi connectivity index (χ0n) is 29.8. The number of aromatic nitrogens is 3. The molecule has 0 N–H and O–H groups in total. The Morgan fingerprint density at radius 1 is 1.06 bits per heavy atom. The molecule has 48 heavy (non-hydrogen) atoms. The molecule has 0 aliphatic carbocycles. The Labute approximate surface area is 284 Å². The van der Waals surface area contributed by atoms with E-state index in [-0.39, 0.29) is 5.60 Å². The van der Waals surface area contributed by atoms with Crippen molar-refractivity contribution in [2.75, 3.05) is 38.3 Å². The molecule has 7 rings (SSSR count). The van der Waals surface area contributed by atoms with Crippen LogP contribution in [0.2, 0.25) is 0 Å². The van der Waals surface area contributed by atoms with Crippen molar-refractivity contribution in [3.05, 3.63) is 65.4 Å². The maximum atomic E-state index is 13.4. The van der Waals surface area contributed by atoms with Crippen LogP contribution in [0.4, 0.5) is 5.82 Å². The van der Waals surface area contributed by atoms with E-state index in [1.165, 1.54) is 12.7 Å². The summed E-state index contributed by atoms with van der Waals surface area (Å²) in [7, 11) is 1.40. The van der Waals surface area contributed by atoms with Crippen molar-refractivity contribution in [1.82, 2.24) is 14.6 Å². The predicted octanol–water partition coefficient (Wildman–Crippen LogP) is 7.89. The number of carbonyl (C=O) groups excluding carboxylic acids is 1. The molecule has 2 aromatic carbocycles. The maximum absolute atomic E-state index is 13.4. The monoisotopic (exact) mass is 654 g/mol. The number of esters is 1. The lowest BCUT2D eigenvalue weighted by Crippen LogP contribution is -2.46. The van der Waals surface area contributed by atoms with Crippen LogP contribution < -0.4 is 9.64 Å². The summed E-state index contributed by atoms with van der Waals surface area (Å²) in [6, 6.07) is 16.8. The van der Waals surface area contributed by atoms with Gasteiger partial charge < -0.3 is 23.8 Å². The molecular weight excluding hydrogens is 604 g/mol. The lowest BCUT2D eigenvalue weighted by molar-refractivity contribution is -0.164. The highest BCUT2D eigenvalue weighted by Gasteiger charge is 2.38. The first-order chi connectivity index (χ1) is 22.8. The summed E-state index contributed by atoms with van der Waals surface area (Å²) < 4.78 is 26.6. The number of anilines is 1. The molecule has 3 aliphatic heterocycles. The molecule has 2 atom stereocenters. The molecule has 1 fully saturated rings. The molecule has 1 unspecified atom stereocenters. The molecule has 2 aromatic heterocycles. The van der Waals surface area contributed by atoms with Crippen LogP contribution in [0, 0.1) is 19.8 Å². The molecule has 6 bridgehead atoms. The van der Waals surface area contributed by atoms with Crippen LogP contribution in [0.1, 0.15) is 83.2 Å². The van der Waals surface area contributed by atoms with E-state index in [4.69, 9.17) is 29.0 Å². The van der Waals surface area contributed by atoms with Crippen molar-refractivity contribution < 1.29 is 23.7 Å². The van der Waals surface area contributed by atoms with Crippen molar-refractivity contribution in [3.8, 4) is 28.1 Å². The maximum Gasteiger partial charge on any atom is 0.339 e. The average molecular weight is 655 g/mol. The topological polar surface area (TPSA) is 87.4 Å². The van der Waals surface area contributed by atoms with Crippen molar-refractivity contribution in [3.63, 3.8) is 0 Å². The van der Waals surface area contributed by atoms with Crippen molar-refractivity contribution in [2.24, 2.45) is 5.92 Å². The Morgan fingerprint density at radius 3 is 2.54 bits per heavy atom. The van der Waals surface area contributed by atoms with Gasteiger partial charge in [0.1, 0.15) is 11.6 Å². The van der Waals surface area contributed by atoms with Crippen LogP contribution in [0.5, 0.6) is 5.75 Å². The molecule has 0 radical (unpaired) electrons. The normalized spacial score (nSPS) is 21.1. The fraction of sp³-hybridized carbons (Fsp3) is 0.513. The van der Waals surface area contributed by atoms with Crippen LogP contribution >= 0.6 is 0 Å². The summed E-state index contributed by atoms with van der Waals surface area (Å²) in [4.78, 5) is 20.7. The molecule has 0 spiro atoms. The first kappa shape index (κ1) is 33.9. The van der Waals surface area contributed by atoms with E-state index in [1.807, 2.05) is 38.3 Å². The zero-order chi connectivity index (χ0) is 34.2. The van der Waals surface area contributed by atoms with Gasteiger partial charge >= 0.3 is 5.97 Å². The first-order valence-corrected chi connectivity index (χ1v) is 17.2. The van der Waals surface area contributed by atoms with Gasteiger partial charge in [-0.3, -0.25) is 0 Å². The van der Waals surface area contributed by atoms with Gasteiger partial charge in [-0.05, 0) is 96.9 Å². The third-order valence-electron chi connectivity index (χ3n) is 9.49. The SMILES string of the molecule is COC(=O)[C@@H](OC(C)(C)C)c1c(C)nc2cc3nn2c1N1CCC(C)(CC1)OCCCC(C)COc1ccc(C)cc1-c1cccc-3c1. The molecule has 9 nitrogen and oxygen atoms in total. The number of rotatable bonds is 3. The van der Waals surface area contributed by atoms with Crippen LogP contribution in [-0.2, 0) is 19.0 Å². The summed E-state index contributed by atoms with van der Waals surface area (Å²) >= 11 is 0. The number of benzene rings is 2. The van der Waals surface area contributed by atoms with E-state index in [1.54, 1.807) is 0 Å². The highest BCUT2D eigenvalue weighted by atomic mass is 16.6. The van der Waals surface area contributed by atoms with E-state index in [0.29, 0.717) is 36.0 Å². The molecule has 5 heterocycles. The van der Waals surface area contributed by atoms with Crippen LogP contribution in [0.25, 0.3) is 28.0 Å². The third kappa shape index (κ3) is 7.22. The number of piperidine rings is 1. The highest BCUT2D eigenvalue weighted by molar-refractivity contribution is 5.81. The van der Waals surface area contributed by atoms with Gasteiger partial charge in [-0.1, -0.05) is 36.8 Å². The molecule has 256 valence electrons. The predicted molar refractivity (Wildman–Crippen MR) is 189 cm³/mol. The summed E-state index contributed by atoms with van der Waals surface area (Å²) in [6.07, 6.45) is 2.70. The van der Waals surface area contributed by atoms with Gasteiger partial charge in [0.25, 0.3) is 0 Å². The quantitative estimate of drug-likeness (QED) is 0.206. The fourth-order valence-electron chi connectivity index (χ4n) is 6.80. The zero-order valence-corrected chi connectivity index (χ0v) is 29.8. The highest BCUT2D eigenvalue weighted by Crippen LogP contribution is 2.40. The van der Waals surface area contributed by atoms with Crippen molar-refractivity contribution in [1.29, 1.82) is 0 Å². The molecule has 4 aromatic rings. The lowest BCUT2D eigenvalue weighted by atomic mass is 9.92. The number of carbonyl (C=O) groups is 1. The number of hydrogen-bond acceptors (Lipinski definition) is 8. The Balaban J connectivity index is 1.53. The Bertz CT molecular complexity index is 1780. The number of ether oxygens (including phenoxy) is 4. The number of methoxy groups -OCH3 is 1. The number of fused-ring (bicyclic) bond motifs is 8. The van der Waals surface area contributed by atoms with Gasteiger partial charge in [0.15, 0.2) is 11.8 Å². The Hall–Kier alpha value is -3.95. The lowest BCUT2D eigenvalue weighted by Gasteiger charge is -2.41. The summed E-state index contributed by atoms with van der Waals surface area (Å²) in [5.41, 5.74) is 6.27. The second kappa shape index (κ2) is 13.5. The first-order valence-electron chi connectivity index (χ1n) is 17.2. The van der Waals surface area contributed by atoms with E-state index >= 15 is 0 Å². The van der Waals surface area contributed by atoms with E-state index in [9.17, 15) is 4.79 Å². The van der Waals surface area contributed by atoms with Gasteiger partial charge in [-0.25, -0.2) is 9.78 Å². The van der Waals surface area contributed by atoms with Crippen molar-refractivity contribution >= 4 is 17.4 Å². The van der Waals surface area contributed by atoms with Gasteiger partial charge in [-0.2, -0.15) is 9.61 Å². The minimum absolute atomic E-state index is 0.241. The van der Waals surface area contributed by atoms with Crippen LogP contribution in [0.3, 0.4) is 0 Å². The Morgan fingerprint density at radius 2 is 1.81 bits per heavy atom. The summed E-state index contributed by atoms with van der Waals surface area (Å²) in [5.74, 6) is 1.61. The molecule has 3 aliphatic rings. The van der Waals surface area contributed by atoms with Gasteiger partial charge in [-0.15, -0.1) is 0 Å². The van der Waals surface area contributed by atoms with Crippen LogP contribution in [-0.4, -0.2) is 65.2 Å². The average Bonchev–Trinajstić information content (AvgIpc) is 3.47. The molecule has 1 saturated heterocycles. The second-order valence-electron chi connectivity index (χ2n) is 14.8. The molecular formula is C39H50N4O5. The minimum Gasteiger partial charge on any atom is -0.493 e.